The van der Waals surface area contributed by atoms with Gasteiger partial charge in [0.15, 0.2) is 0 Å². The van der Waals surface area contributed by atoms with Crippen LogP contribution in [-0.4, -0.2) is 23.2 Å². The Balaban J connectivity index is 2.44. The minimum Gasteiger partial charge on any atom is -0.388 e. The Hall–Kier alpha value is -1.62. The number of halogens is 1. The van der Waals surface area contributed by atoms with Gasteiger partial charge in [-0.3, -0.25) is 0 Å². The van der Waals surface area contributed by atoms with Crippen molar-refractivity contribution >= 4 is 6.03 Å². The van der Waals surface area contributed by atoms with Crippen LogP contribution in [0, 0.1) is 11.7 Å². The van der Waals surface area contributed by atoms with Crippen LogP contribution in [-0.2, 0) is 0 Å². The number of carbonyl (C=O) groups excluding carboxylic acids is 1. The van der Waals surface area contributed by atoms with E-state index in [2.05, 4.69) is 10.6 Å². The average Bonchev–Trinajstić information content (AvgIpc) is 2.38. The van der Waals surface area contributed by atoms with Crippen LogP contribution in [0.15, 0.2) is 24.3 Å². The molecule has 3 N–H and O–H groups in total. The molecule has 0 saturated heterocycles. The molecule has 0 heterocycles. The number of hydrogen-bond acceptors (Lipinski definition) is 2. The fourth-order valence-electron chi connectivity index (χ4n) is 1.85. The topological polar surface area (TPSA) is 61.4 Å². The molecule has 0 aromatic heterocycles. The van der Waals surface area contributed by atoms with Crippen LogP contribution >= 0.6 is 0 Å². The van der Waals surface area contributed by atoms with E-state index in [-0.39, 0.29) is 23.9 Å². The predicted molar refractivity (Wildman–Crippen MR) is 81.4 cm³/mol. The molecule has 1 aromatic carbocycles. The number of hydrogen-bond donors (Lipinski definition) is 3. The number of rotatable bonds is 6. The van der Waals surface area contributed by atoms with Gasteiger partial charge < -0.3 is 15.7 Å². The fourth-order valence-corrected chi connectivity index (χ4v) is 1.85. The normalized spacial score (nSPS) is 15.4. The number of urea groups is 1. The van der Waals surface area contributed by atoms with Crippen LogP contribution in [0.2, 0.25) is 0 Å². The maximum Gasteiger partial charge on any atom is 0.315 e. The summed E-state index contributed by atoms with van der Waals surface area (Å²) in [6, 6.07) is 5.38. The number of amides is 2. The smallest absolute Gasteiger partial charge is 0.315 e. The van der Waals surface area contributed by atoms with Crippen molar-refractivity contribution in [3.05, 3.63) is 35.6 Å². The number of benzene rings is 1. The van der Waals surface area contributed by atoms with Crippen LogP contribution in [0.3, 0.4) is 0 Å². The van der Waals surface area contributed by atoms with E-state index in [4.69, 9.17) is 0 Å². The molecule has 0 fully saturated rings. The van der Waals surface area contributed by atoms with Crippen LogP contribution < -0.4 is 10.6 Å². The number of carbonyl (C=O) groups is 1. The van der Waals surface area contributed by atoms with Crippen molar-refractivity contribution in [1.29, 1.82) is 0 Å². The summed E-state index contributed by atoms with van der Waals surface area (Å²) in [7, 11) is 0. The molecule has 0 radical (unpaired) electrons. The Morgan fingerprint density at radius 3 is 2.24 bits per heavy atom. The SMILES string of the molecule is CC(CC(O)c1ccc(F)cc1)NC(=O)NC(C)C(C)C. The Labute approximate surface area is 125 Å². The molecule has 0 saturated carbocycles. The second-order valence-corrected chi connectivity index (χ2v) is 5.85. The Morgan fingerprint density at radius 1 is 1.14 bits per heavy atom. The summed E-state index contributed by atoms with van der Waals surface area (Å²) in [5, 5.41) is 15.7. The second-order valence-electron chi connectivity index (χ2n) is 5.85. The molecule has 3 unspecified atom stereocenters. The van der Waals surface area contributed by atoms with Gasteiger partial charge in [-0.2, -0.15) is 0 Å². The summed E-state index contributed by atoms with van der Waals surface area (Å²) in [4.78, 5) is 11.8. The monoisotopic (exact) mass is 296 g/mol. The summed E-state index contributed by atoms with van der Waals surface area (Å²) in [5.74, 6) is 0.0232. The molecule has 118 valence electrons. The highest BCUT2D eigenvalue weighted by Crippen LogP contribution is 2.18. The van der Waals surface area contributed by atoms with Gasteiger partial charge in [-0.1, -0.05) is 26.0 Å². The molecule has 4 nitrogen and oxygen atoms in total. The maximum atomic E-state index is 12.8. The fraction of sp³-hybridized carbons (Fsp3) is 0.562. The zero-order valence-electron chi connectivity index (χ0n) is 13.1. The first-order valence-electron chi connectivity index (χ1n) is 7.30. The van der Waals surface area contributed by atoms with Gasteiger partial charge in [-0.15, -0.1) is 0 Å². The van der Waals surface area contributed by atoms with Gasteiger partial charge in [0.1, 0.15) is 5.82 Å². The van der Waals surface area contributed by atoms with Crippen molar-refractivity contribution in [2.45, 2.75) is 52.3 Å². The molecule has 3 atom stereocenters. The first-order valence-corrected chi connectivity index (χ1v) is 7.30. The van der Waals surface area contributed by atoms with E-state index in [1.54, 1.807) is 12.1 Å². The van der Waals surface area contributed by atoms with E-state index >= 15 is 0 Å². The first-order chi connectivity index (χ1) is 9.79. The summed E-state index contributed by atoms with van der Waals surface area (Å²) < 4.78 is 12.8. The highest BCUT2D eigenvalue weighted by atomic mass is 19.1. The average molecular weight is 296 g/mol. The van der Waals surface area contributed by atoms with E-state index in [1.165, 1.54) is 12.1 Å². The molecule has 5 heteroatoms. The summed E-state index contributed by atoms with van der Waals surface area (Å²) >= 11 is 0. The van der Waals surface area contributed by atoms with Crippen molar-refractivity contribution in [2.24, 2.45) is 5.92 Å². The van der Waals surface area contributed by atoms with E-state index < -0.39 is 6.10 Å². The van der Waals surface area contributed by atoms with E-state index in [0.29, 0.717) is 17.9 Å². The van der Waals surface area contributed by atoms with Gasteiger partial charge in [0.2, 0.25) is 0 Å². The lowest BCUT2D eigenvalue weighted by atomic mass is 10.0. The molecule has 0 aliphatic carbocycles. The van der Waals surface area contributed by atoms with Gasteiger partial charge in [0.25, 0.3) is 0 Å². The molecular formula is C16H25FN2O2. The van der Waals surface area contributed by atoms with Gasteiger partial charge in [0, 0.05) is 12.1 Å². The third kappa shape index (κ3) is 6.12. The molecule has 0 spiro atoms. The first kappa shape index (κ1) is 17.4. The van der Waals surface area contributed by atoms with Crippen molar-refractivity contribution < 1.29 is 14.3 Å². The molecule has 1 aromatic rings. The minimum absolute atomic E-state index is 0.0826. The number of nitrogens with one attached hydrogen (secondary N) is 2. The van der Waals surface area contributed by atoms with Gasteiger partial charge in [0.05, 0.1) is 6.10 Å². The Morgan fingerprint density at radius 2 is 1.71 bits per heavy atom. The number of aliphatic hydroxyl groups is 1. The highest BCUT2D eigenvalue weighted by Gasteiger charge is 2.16. The Kier molecular flexibility index (Phi) is 6.62. The lowest BCUT2D eigenvalue weighted by Crippen LogP contribution is -2.46. The lowest BCUT2D eigenvalue weighted by molar-refractivity contribution is 0.154. The number of aliphatic hydroxyl groups excluding tert-OH is 1. The predicted octanol–water partition coefficient (Wildman–Crippen LogP) is 2.98. The zero-order valence-corrected chi connectivity index (χ0v) is 13.1. The molecular weight excluding hydrogens is 271 g/mol. The molecule has 0 aliphatic heterocycles. The van der Waals surface area contributed by atoms with E-state index in [9.17, 15) is 14.3 Å². The van der Waals surface area contributed by atoms with Gasteiger partial charge in [-0.25, -0.2) is 9.18 Å². The zero-order chi connectivity index (χ0) is 16.0. The van der Waals surface area contributed by atoms with Crippen LogP contribution in [0.25, 0.3) is 0 Å². The maximum absolute atomic E-state index is 12.8. The summed E-state index contributed by atoms with van der Waals surface area (Å²) in [6.45, 7) is 7.84. The van der Waals surface area contributed by atoms with Crippen molar-refractivity contribution in [1.82, 2.24) is 10.6 Å². The summed E-state index contributed by atoms with van der Waals surface area (Å²) in [6.07, 6.45) is -0.363. The van der Waals surface area contributed by atoms with E-state index in [0.717, 1.165) is 0 Å². The van der Waals surface area contributed by atoms with E-state index in [1.807, 2.05) is 27.7 Å². The molecule has 2 amide bonds. The molecule has 0 aliphatic rings. The molecule has 0 bridgehead atoms. The third-order valence-corrected chi connectivity index (χ3v) is 3.57. The van der Waals surface area contributed by atoms with Crippen LogP contribution in [0.1, 0.15) is 45.8 Å². The standard InChI is InChI=1S/C16H25FN2O2/c1-10(2)12(4)19-16(21)18-11(3)9-15(20)13-5-7-14(17)8-6-13/h5-8,10-12,15,20H,9H2,1-4H3,(H2,18,19,21). The largest absolute Gasteiger partial charge is 0.388 e. The summed E-state index contributed by atoms with van der Waals surface area (Å²) in [5.41, 5.74) is 0.640. The highest BCUT2D eigenvalue weighted by molar-refractivity contribution is 5.74. The van der Waals surface area contributed by atoms with Gasteiger partial charge >= 0.3 is 6.03 Å². The van der Waals surface area contributed by atoms with Crippen LogP contribution in [0.4, 0.5) is 9.18 Å². The minimum atomic E-state index is -0.733. The molecule has 1 rings (SSSR count). The Bertz CT molecular complexity index is 448. The van der Waals surface area contributed by atoms with Crippen molar-refractivity contribution in [3.8, 4) is 0 Å². The van der Waals surface area contributed by atoms with Crippen molar-refractivity contribution in [2.75, 3.05) is 0 Å². The van der Waals surface area contributed by atoms with Crippen LogP contribution in [0.5, 0.6) is 0 Å². The lowest BCUT2D eigenvalue weighted by Gasteiger charge is -2.22. The molecule has 21 heavy (non-hydrogen) atoms. The van der Waals surface area contributed by atoms with Crippen molar-refractivity contribution in [3.63, 3.8) is 0 Å². The van der Waals surface area contributed by atoms with Gasteiger partial charge in [-0.05, 0) is 43.9 Å². The second kappa shape index (κ2) is 7.98. The third-order valence-electron chi connectivity index (χ3n) is 3.57. The quantitative estimate of drug-likeness (QED) is 0.756.